The average Bonchev–Trinajstić information content (AvgIpc) is 2.51. The van der Waals surface area contributed by atoms with Gasteiger partial charge in [0.15, 0.2) is 0 Å². The highest BCUT2D eigenvalue weighted by molar-refractivity contribution is 5.37. The molecule has 1 fully saturated rings. The number of piperazine rings is 1. The van der Waals surface area contributed by atoms with Gasteiger partial charge in [-0.25, -0.2) is 9.97 Å². The Morgan fingerprint density at radius 1 is 1.05 bits per heavy atom. The molecule has 0 unspecified atom stereocenters. The Hall–Kier alpha value is -2.01. The number of hydrogen-bond acceptors (Lipinski definition) is 5. The molecule has 1 aliphatic rings. The van der Waals surface area contributed by atoms with Gasteiger partial charge in [-0.15, -0.1) is 0 Å². The highest BCUT2D eigenvalue weighted by atomic mass is 15.3. The molecule has 1 saturated heterocycles. The van der Waals surface area contributed by atoms with Gasteiger partial charge in [0, 0.05) is 45.1 Å². The number of pyridine rings is 1. The fourth-order valence-corrected chi connectivity index (χ4v) is 2.50. The normalized spacial score (nSPS) is 16.4. The molecular formula is C15H19N5. The lowest BCUT2D eigenvalue weighted by molar-refractivity contribution is 0.246. The molecule has 0 aliphatic carbocycles. The van der Waals surface area contributed by atoms with Gasteiger partial charge in [-0.2, -0.15) is 0 Å². The third-order valence-electron chi connectivity index (χ3n) is 3.75. The Kier molecular flexibility index (Phi) is 3.87. The van der Waals surface area contributed by atoms with Crippen LogP contribution in [0.25, 0.3) is 0 Å². The van der Waals surface area contributed by atoms with Crippen molar-refractivity contribution in [2.75, 3.05) is 31.1 Å². The predicted molar refractivity (Wildman–Crippen MR) is 78.5 cm³/mol. The van der Waals surface area contributed by atoms with Crippen molar-refractivity contribution >= 4 is 5.82 Å². The molecule has 0 N–H and O–H groups in total. The molecule has 20 heavy (non-hydrogen) atoms. The van der Waals surface area contributed by atoms with Crippen molar-refractivity contribution in [3.63, 3.8) is 0 Å². The van der Waals surface area contributed by atoms with E-state index in [1.165, 1.54) is 11.3 Å². The van der Waals surface area contributed by atoms with E-state index in [9.17, 15) is 0 Å². The number of hydrogen-bond donors (Lipinski definition) is 0. The van der Waals surface area contributed by atoms with Crippen LogP contribution < -0.4 is 4.90 Å². The van der Waals surface area contributed by atoms with E-state index in [0.29, 0.717) is 0 Å². The number of aryl methyl sites for hydroxylation is 1. The van der Waals surface area contributed by atoms with Crippen LogP contribution in [0.3, 0.4) is 0 Å². The summed E-state index contributed by atoms with van der Waals surface area (Å²) in [5.41, 5.74) is 2.45. The van der Waals surface area contributed by atoms with Gasteiger partial charge >= 0.3 is 0 Å². The number of anilines is 1. The molecule has 0 aromatic carbocycles. The van der Waals surface area contributed by atoms with Gasteiger partial charge in [0.2, 0.25) is 0 Å². The molecular weight excluding hydrogens is 250 g/mol. The standard InChI is InChI=1S/C15H19N5/c1-13-3-2-5-17-14(13)11-19-7-9-20(10-8-19)15-4-6-16-12-18-15/h2-6,12H,7-11H2,1H3. The first-order valence-corrected chi connectivity index (χ1v) is 6.97. The lowest BCUT2D eigenvalue weighted by atomic mass is 10.2. The highest BCUT2D eigenvalue weighted by Gasteiger charge is 2.18. The number of nitrogens with zero attached hydrogens (tertiary/aromatic N) is 5. The van der Waals surface area contributed by atoms with Crippen molar-refractivity contribution < 1.29 is 0 Å². The van der Waals surface area contributed by atoms with E-state index in [0.717, 1.165) is 38.5 Å². The lowest BCUT2D eigenvalue weighted by Crippen LogP contribution is -2.46. The molecule has 1 aliphatic heterocycles. The second kappa shape index (κ2) is 5.96. The lowest BCUT2D eigenvalue weighted by Gasteiger charge is -2.35. The number of rotatable bonds is 3. The van der Waals surface area contributed by atoms with E-state index in [-0.39, 0.29) is 0 Å². The fourth-order valence-electron chi connectivity index (χ4n) is 2.50. The third-order valence-corrected chi connectivity index (χ3v) is 3.75. The quantitative estimate of drug-likeness (QED) is 0.845. The first-order valence-electron chi connectivity index (χ1n) is 6.97. The van der Waals surface area contributed by atoms with Crippen LogP contribution in [0.1, 0.15) is 11.3 Å². The first kappa shape index (κ1) is 13.0. The van der Waals surface area contributed by atoms with E-state index >= 15 is 0 Å². The Balaban J connectivity index is 1.58. The van der Waals surface area contributed by atoms with Gasteiger partial charge in [0.25, 0.3) is 0 Å². The van der Waals surface area contributed by atoms with Crippen LogP contribution in [0.4, 0.5) is 5.82 Å². The zero-order valence-corrected chi connectivity index (χ0v) is 11.7. The van der Waals surface area contributed by atoms with Crippen molar-refractivity contribution in [3.8, 4) is 0 Å². The summed E-state index contributed by atoms with van der Waals surface area (Å²) in [4.78, 5) is 17.5. The van der Waals surface area contributed by atoms with Crippen molar-refractivity contribution in [1.82, 2.24) is 19.9 Å². The second-order valence-corrected chi connectivity index (χ2v) is 5.10. The van der Waals surface area contributed by atoms with Crippen molar-refractivity contribution in [1.29, 1.82) is 0 Å². The van der Waals surface area contributed by atoms with Crippen molar-refractivity contribution in [3.05, 3.63) is 48.2 Å². The Morgan fingerprint density at radius 2 is 1.90 bits per heavy atom. The van der Waals surface area contributed by atoms with Crippen LogP contribution >= 0.6 is 0 Å². The maximum Gasteiger partial charge on any atom is 0.131 e. The largest absolute Gasteiger partial charge is 0.354 e. The minimum Gasteiger partial charge on any atom is -0.354 e. The minimum atomic E-state index is 0.935. The van der Waals surface area contributed by atoms with Crippen molar-refractivity contribution in [2.24, 2.45) is 0 Å². The number of aromatic nitrogens is 3. The Bertz CT molecular complexity index is 549. The summed E-state index contributed by atoms with van der Waals surface area (Å²) in [5.74, 6) is 1.02. The van der Waals surface area contributed by atoms with E-state index in [2.05, 4.69) is 37.7 Å². The minimum absolute atomic E-state index is 0.935. The SMILES string of the molecule is Cc1cccnc1CN1CCN(c2ccncn2)CC1. The zero-order valence-electron chi connectivity index (χ0n) is 11.7. The summed E-state index contributed by atoms with van der Waals surface area (Å²) in [6.07, 6.45) is 5.28. The van der Waals surface area contributed by atoms with Crippen LogP contribution in [0, 0.1) is 6.92 Å². The molecule has 2 aromatic rings. The molecule has 3 rings (SSSR count). The molecule has 0 atom stereocenters. The van der Waals surface area contributed by atoms with Crippen molar-refractivity contribution in [2.45, 2.75) is 13.5 Å². The maximum atomic E-state index is 4.47. The molecule has 104 valence electrons. The smallest absolute Gasteiger partial charge is 0.131 e. The van der Waals surface area contributed by atoms with E-state index in [1.54, 1.807) is 12.5 Å². The molecule has 0 bridgehead atoms. The van der Waals surface area contributed by atoms with Gasteiger partial charge < -0.3 is 4.90 Å². The van der Waals surface area contributed by atoms with E-state index in [4.69, 9.17) is 0 Å². The average molecular weight is 269 g/mol. The zero-order chi connectivity index (χ0) is 13.8. The topological polar surface area (TPSA) is 45.2 Å². The second-order valence-electron chi connectivity index (χ2n) is 5.10. The Morgan fingerprint density at radius 3 is 2.60 bits per heavy atom. The first-order chi connectivity index (χ1) is 9.83. The van der Waals surface area contributed by atoms with Crippen LogP contribution in [0.15, 0.2) is 36.9 Å². The summed E-state index contributed by atoms with van der Waals surface area (Å²) in [6.45, 7) is 7.15. The summed E-state index contributed by atoms with van der Waals surface area (Å²) in [5, 5.41) is 0. The van der Waals surface area contributed by atoms with Gasteiger partial charge in [-0.1, -0.05) is 6.07 Å². The molecule has 0 saturated carbocycles. The summed E-state index contributed by atoms with van der Waals surface area (Å²) in [6, 6.07) is 6.09. The Labute approximate surface area is 119 Å². The van der Waals surface area contributed by atoms with Crippen LogP contribution in [0.2, 0.25) is 0 Å². The molecule has 2 aromatic heterocycles. The third kappa shape index (κ3) is 2.93. The molecule has 5 heteroatoms. The summed E-state index contributed by atoms with van der Waals surface area (Å²) in [7, 11) is 0. The molecule has 0 spiro atoms. The van der Waals surface area contributed by atoms with Gasteiger partial charge in [0.1, 0.15) is 12.1 Å². The molecule has 0 radical (unpaired) electrons. The van der Waals surface area contributed by atoms with Gasteiger partial charge in [0.05, 0.1) is 5.69 Å². The highest BCUT2D eigenvalue weighted by Crippen LogP contribution is 2.14. The predicted octanol–water partition coefficient (Wildman–Crippen LogP) is 1.50. The molecule has 3 heterocycles. The summed E-state index contributed by atoms with van der Waals surface area (Å²) < 4.78 is 0. The van der Waals surface area contributed by atoms with E-state index < -0.39 is 0 Å². The van der Waals surface area contributed by atoms with Gasteiger partial charge in [-0.05, 0) is 24.6 Å². The van der Waals surface area contributed by atoms with Gasteiger partial charge in [-0.3, -0.25) is 9.88 Å². The van der Waals surface area contributed by atoms with Crippen LogP contribution in [0.5, 0.6) is 0 Å². The van der Waals surface area contributed by atoms with Crippen LogP contribution in [-0.4, -0.2) is 46.0 Å². The van der Waals surface area contributed by atoms with E-state index in [1.807, 2.05) is 18.3 Å². The fraction of sp³-hybridized carbons (Fsp3) is 0.400. The molecule has 5 nitrogen and oxygen atoms in total. The monoisotopic (exact) mass is 269 g/mol. The maximum absolute atomic E-state index is 4.47. The summed E-state index contributed by atoms with van der Waals surface area (Å²) >= 11 is 0. The van der Waals surface area contributed by atoms with Crippen LogP contribution in [-0.2, 0) is 6.54 Å². The molecule has 0 amide bonds.